The Balaban J connectivity index is 1.72. The molecule has 1 aliphatic rings. The fourth-order valence-electron chi connectivity index (χ4n) is 6.64. The topological polar surface area (TPSA) is 45.2 Å². The Bertz CT molecular complexity index is 1170. The van der Waals surface area contributed by atoms with Crippen molar-refractivity contribution >= 4 is 11.4 Å². The molecule has 1 saturated carbocycles. The van der Waals surface area contributed by atoms with Crippen molar-refractivity contribution in [3.8, 4) is 22.5 Å². The van der Waals surface area contributed by atoms with Crippen molar-refractivity contribution in [1.82, 2.24) is 15.2 Å². The number of hydrogen-bond acceptors (Lipinski definition) is 5. The fraction of sp³-hybridized carbons (Fsp3) is 0.571. The van der Waals surface area contributed by atoms with Crippen LogP contribution in [0.1, 0.15) is 99.7 Å². The van der Waals surface area contributed by atoms with Gasteiger partial charge in [0, 0.05) is 53.1 Å². The number of rotatable bonds is 10. The molecule has 40 heavy (non-hydrogen) atoms. The van der Waals surface area contributed by atoms with E-state index >= 15 is 0 Å². The molecule has 1 fully saturated rings. The standard InChI is InChI=1S/C35H51N5/c1-24(2)39(25(3)4)31-19-15-29(16-20-31)34-35(30-17-21-32(22-18-30)40(26(5)6)27(7)8)38-37-33(36-34)23-28-13-11-9-10-12-14-28/h15-22,24-28H,9-14,23H2,1-8H3. The smallest absolute Gasteiger partial charge is 0.151 e. The molecule has 0 unspecified atom stereocenters. The van der Waals surface area contributed by atoms with Crippen LogP contribution in [0.4, 0.5) is 11.4 Å². The van der Waals surface area contributed by atoms with E-state index in [1.807, 2.05) is 0 Å². The fourth-order valence-corrected chi connectivity index (χ4v) is 6.64. The van der Waals surface area contributed by atoms with Crippen LogP contribution in [0.2, 0.25) is 0 Å². The summed E-state index contributed by atoms with van der Waals surface area (Å²) in [5, 5.41) is 9.53. The zero-order valence-electron chi connectivity index (χ0n) is 26.2. The van der Waals surface area contributed by atoms with Crippen molar-refractivity contribution in [2.24, 2.45) is 5.92 Å². The van der Waals surface area contributed by atoms with Crippen LogP contribution in [0, 0.1) is 5.92 Å². The van der Waals surface area contributed by atoms with Crippen molar-refractivity contribution in [3.05, 3.63) is 54.4 Å². The van der Waals surface area contributed by atoms with Crippen LogP contribution in [-0.4, -0.2) is 39.3 Å². The number of benzene rings is 2. The van der Waals surface area contributed by atoms with Gasteiger partial charge in [0.1, 0.15) is 11.4 Å². The van der Waals surface area contributed by atoms with E-state index in [1.165, 1.54) is 49.9 Å². The van der Waals surface area contributed by atoms with E-state index < -0.39 is 0 Å². The van der Waals surface area contributed by atoms with Gasteiger partial charge in [-0.2, -0.15) is 0 Å². The lowest BCUT2D eigenvalue weighted by molar-refractivity contribution is 0.446. The van der Waals surface area contributed by atoms with E-state index in [0.717, 1.165) is 34.8 Å². The van der Waals surface area contributed by atoms with E-state index in [1.54, 1.807) is 0 Å². The Morgan fingerprint density at radius 1 is 0.575 bits per heavy atom. The number of aromatic nitrogens is 3. The quantitative estimate of drug-likeness (QED) is 0.240. The predicted molar refractivity (Wildman–Crippen MR) is 171 cm³/mol. The summed E-state index contributed by atoms with van der Waals surface area (Å²) in [5.41, 5.74) is 6.41. The van der Waals surface area contributed by atoms with Crippen LogP contribution in [-0.2, 0) is 6.42 Å². The maximum Gasteiger partial charge on any atom is 0.151 e. The Hall–Kier alpha value is -2.95. The third-order valence-electron chi connectivity index (χ3n) is 8.28. The summed E-state index contributed by atoms with van der Waals surface area (Å²) in [4.78, 5) is 10.1. The van der Waals surface area contributed by atoms with E-state index in [0.29, 0.717) is 30.1 Å². The second kappa shape index (κ2) is 13.6. The van der Waals surface area contributed by atoms with Gasteiger partial charge in [-0.1, -0.05) is 62.8 Å². The van der Waals surface area contributed by atoms with Gasteiger partial charge in [0.15, 0.2) is 5.82 Å². The molecule has 0 N–H and O–H groups in total. The summed E-state index contributed by atoms with van der Waals surface area (Å²) in [6.07, 6.45) is 8.83. The van der Waals surface area contributed by atoms with Crippen molar-refractivity contribution in [1.29, 1.82) is 0 Å². The minimum atomic E-state index is 0.431. The Morgan fingerprint density at radius 2 is 1.00 bits per heavy atom. The van der Waals surface area contributed by atoms with E-state index in [-0.39, 0.29) is 0 Å². The SMILES string of the molecule is CC(C)N(c1ccc(-c2nnc(CC3CCCCCC3)nc2-c2ccc(N(C(C)C)C(C)C)cc2)cc1)C(C)C. The van der Waals surface area contributed by atoms with Gasteiger partial charge in [0.25, 0.3) is 0 Å². The second-order valence-corrected chi connectivity index (χ2v) is 12.8. The molecule has 5 heteroatoms. The molecule has 0 bridgehead atoms. The molecule has 0 atom stereocenters. The highest BCUT2D eigenvalue weighted by Gasteiger charge is 2.20. The molecule has 0 saturated heterocycles. The van der Waals surface area contributed by atoms with Crippen LogP contribution in [0.25, 0.3) is 22.5 Å². The summed E-state index contributed by atoms with van der Waals surface area (Å²) < 4.78 is 0. The molecule has 2 aromatic carbocycles. The lowest BCUT2D eigenvalue weighted by Gasteiger charge is -2.33. The van der Waals surface area contributed by atoms with E-state index in [4.69, 9.17) is 15.2 Å². The third kappa shape index (κ3) is 7.21. The first-order valence-corrected chi connectivity index (χ1v) is 15.7. The van der Waals surface area contributed by atoms with Crippen LogP contribution in [0.15, 0.2) is 48.5 Å². The highest BCUT2D eigenvalue weighted by atomic mass is 15.2. The minimum Gasteiger partial charge on any atom is -0.367 e. The minimum absolute atomic E-state index is 0.431. The first-order valence-electron chi connectivity index (χ1n) is 15.7. The molecular formula is C35H51N5. The van der Waals surface area contributed by atoms with E-state index in [2.05, 4.69) is 114 Å². The molecule has 3 aromatic rings. The maximum absolute atomic E-state index is 5.21. The number of anilines is 2. The van der Waals surface area contributed by atoms with Gasteiger partial charge in [-0.05, 0) is 85.6 Å². The van der Waals surface area contributed by atoms with E-state index in [9.17, 15) is 0 Å². The van der Waals surface area contributed by atoms with Gasteiger partial charge in [0.05, 0.1) is 0 Å². The summed E-state index contributed by atoms with van der Waals surface area (Å²) in [6, 6.07) is 19.4. The molecule has 0 radical (unpaired) electrons. The van der Waals surface area contributed by atoms with Crippen molar-refractivity contribution in [3.63, 3.8) is 0 Å². The zero-order chi connectivity index (χ0) is 28.8. The van der Waals surface area contributed by atoms with Crippen LogP contribution in [0.3, 0.4) is 0 Å². The van der Waals surface area contributed by atoms with Crippen LogP contribution >= 0.6 is 0 Å². The van der Waals surface area contributed by atoms with Crippen LogP contribution in [0.5, 0.6) is 0 Å². The molecule has 1 aromatic heterocycles. The molecule has 0 spiro atoms. The molecule has 216 valence electrons. The van der Waals surface area contributed by atoms with Crippen molar-refractivity contribution in [2.75, 3.05) is 9.80 Å². The molecular weight excluding hydrogens is 490 g/mol. The average Bonchev–Trinajstić information content (AvgIpc) is 3.17. The Kier molecular flexibility index (Phi) is 10.2. The van der Waals surface area contributed by atoms with Gasteiger partial charge >= 0.3 is 0 Å². The first-order chi connectivity index (χ1) is 19.2. The molecule has 0 amide bonds. The first kappa shape index (κ1) is 30.0. The van der Waals surface area contributed by atoms with Crippen LogP contribution < -0.4 is 9.80 Å². The molecule has 1 heterocycles. The van der Waals surface area contributed by atoms with Crippen molar-refractivity contribution in [2.45, 2.75) is 125 Å². The third-order valence-corrected chi connectivity index (χ3v) is 8.28. The molecule has 1 aliphatic carbocycles. The number of nitrogens with zero attached hydrogens (tertiary/aromatic N) is 5. The highest BCUT2D eigenvalue weighted by Crippen LogP contribution is 2.33. The van der Waals surface area contributed by atoms with Gasteiger partial charge in [-0.3, -0.25) is 0 Å². The molecule has 5 nitrogen and oxygen atoms in total. The van der Waals surface area contributed by atoms with Gasteiger partial charge < -0.3 is 9.80 Å². The summed E-state index contributed by atoms with van der Waals surface area (Å²) in [5.74, 6) is 1.54. The second-order valence-electron chi connectivity index (χ2n) is 12.8. The summed E-state index contributed by atoms with van der Waals surface area (Å²) >= 11 is 0. The zero-order valence-corrected chi connectivity index (χ0v) is 26.2. The highest BCUT2D eigenvalue weighted by molar-refractivity contribution is 5.79. The Labute approximate surface area is 243 Å². The predicted octanol–water partition coefficient (Wildman–Crippen LogP) is 8.96. The number of hydrogen-bond donors (Lipinski definition) is 0. The average molecular weight is 542 g/mol. The monoisotopic (exact) mass is 541 g/mol. The molecule has 4 rings (SSSR count). The van der Waals surface area contributed by atoms with Gasteiger partial charge in [0.2, 0.25) is 0 Å². The largest absolute Gasteiger partial charge is 0.367 e. The van der Waals surface area contributed by atoms with Gasteiger partial charge in [-0.25, -0.2) is 4.98 Å². The normalized spacial score (nSPS) is 14.8. The Morgan fingerprint density at radius 3 is 1.43 bits per heavy atom. The summed E-state index contributed by atoms with van der Waals surface area (Å²) in [7, 11) is 0. The summed E-state index contributed by atoms with van der Waals surface area (Å²) in [6.45, 7) is 18.0. The lowest BCUT2D eigenvalue weighted by Crippen LogP contribution is -2.36. The van der Waals surface area contributed by atoms with Crippen molar-refractivity contribution < 1.29 is 0 Å². The molecule has 0 aliphatic heterocycles. The van der Waals surface area contributed by atoms with Gasteiger partial charge in [-0.15, -0.1) is 10.2 Å². The maximum atomic E-state index is 5.21. The lowest BCUT2D eigenvalue weighted by atomic mass is 9.96.